The first-order chi connectivity index (χ1) is 15.0. The average Bonchev–Trinajstić information content (AvgIpc) is 3.45. The predicted molar refractivity (Wildman–Crippen MR) is 121 cm³/mol. The molecule has 0 radical (unpaired) electrons. The summed E-state index contributed by atoms with van der Waals surface area (Å²) in [5.41, 5.74) is 1.49. The maximum atomic E-state index is 12.6. The predicted octanol–water partition coefficient (Wildman–Crippen LogP) is 6.99. The molecule has 4 aromatic rings. The van der Waals surface area contributed by atoms with Crippen LogP contribution in [0, 0.1) is 0 Å². The van der Waals surface area contributed by atoms with Crippen LogP contribution in [-0.2, 0) is 0 Å². The van der Waals surface area contributed by atoms with E-state index in [0.717, 1.165) is 0 Å². The van der Waals surface area contributed by atoms with Gasteiger partial charge >= 0.3 is 0 Å². The largest absolute Gasteiger partial charge is 0.459 e. The number of hydrogen-bond donors (Lipinski definition) is 1. The molecule has 2 aromatic carbocycles. The Kier molecular flexibility index (Phi) is 6.07. The minimum absolute atomic E-state index is 0.184. The highest BCUT2D eigenvalue weighted by atomic mass is 35.5. The van der Waals surface area contributed by atoms with Crippen molar-refractivity contribution in [2.75, 3.05) is 5.32 Å². The summed E-state index contributed by atoms with van der Waals surface area (Å²) in [6, 6.07) is 18.5. The van der Waals surface area contributed by atoms with Gasteiger partial charge in [0, 0.05) is 11.3 Å². The van der Waals surface area contributed by atoms with Gasteiger partial charge in [-0.05, 0) is 60.7 Å². The Morgan fingerprint density at radius 3 is 2.42 bits per heavy atom. The summed E-state index contributed by atoms with van der Waals surface area (Å²) in [6.07, 6.45) is 4.37. The van der Waals surface area contributed by atoms with Crippen molar-refractivity contribution in [2.45, 2.75) is 0 Å². The van der Waals surface area contributed by atoms with Crippen LogP contribution in [0.5, 0.6) is 0 Å². The smallest absolute Gasteiger partial charge is 0.291 e. The Bertz CT molecular complexity index is 1250. The molecule has 0 aliphatic rings. The minimum Gasteiger partial charge on any atom is -0.459 e. The molecule has 1 amide bonds. The molecule has 154 valence electrons. The van der Waals surface area contributed by atoms with Gasteiger partial charge in [0.15, 0.2) is 11.5 Å². The van der Waals surface area contributed by atoms with Crippen molar-refractivity contribution in [3.8, 4) is 11.3 Å². The highest BCUT2D eigenvalue weighted by molar-refractivity contribution is 6.39. The molecule has 0 aliphatic carbocycles. The standard InChI is InChI=1S/C24H15Cl2NO4/c25-18-6-2-7-19(26)23(18)21-12-10-17(31-21)9-11-20(28)15-4-1-5-16(14-15)27-24(29)22-8-3-13-30-22/h1-14H,(H,27,29). The molecule has 0 unspecified atom stereocenters. The summed E-state index contributed by atoms with van der Waals surface area (Å²) in [5, 5.41) is 3.64. The third-order valence-electron chi connectivity index (χ3n) is 4.38. The number of rotatable bonds is 6. The van der Waals surface area contributed by atoms with E-state index in [1.54, 1.807) is 72.8 Å². The van der Waals surface area contributed by atoms with E-state index >= 15 is 0 Å². The van der Waals surface area contributed by atoms with Crippen molar-refractivity contribution in [2.24, 2.45) is 0 Å². The summed E-state index contributed by atoms with van der Waals surface area (Å²) < 4.78 is 10.8. The fourth-order valence-corrected chi connectivity index (χ4v) is 3.50. The molecule has 5 nitrogen and oxygen atoms in total. The number of ketones is 1. The number of amides is 1. The van der Waals surface area contributed by atoms with E-state index in [1.807, 2.05) is 0 Å². The summed E-state index contributed by atoms with van der Waals surface area (Å²) in [7, 11) is 0. The lowest BCUT2D eigenvalue weighted by molar-refractivity contribution is 0.0994. The summed E-state index contributed by atoms with van der Waals surface area (Å²) in [6.45, 7) is 0. The SMILES string of the molecule is O=C(C=Cc1ccc(-c2c(Cl)cccc2Cl)o1)c1cccc(NC(=O)c2ccco2)c1. The first kappa shape index (κ1) is 20.7. The normalized spacial score (nSPS) is 11.0. The number of nitrogens with one attached hydrogen (secondary N) is 1. The van der Waals surface area contributed by atoms with Gasteiger partial charge in [0.05, 0.1) is 21.9 Å². The Balaban J connectivity index is 1.48. The van der Waals surface area contributed by atoms with Gasteiger partial charge in [0.2, 0.25) is 0 Å². The number of carbonyl (C=O) groups is 2. The molecule has 4 rings (SSSR count). The molecule has 7 heteroatoms. The molecule has 0 fully saturated rings. The van der Waals surface area contributed by atoms with Gasteiger partial charge < -0.3 is 14.2 Å². The van der Waals surface area contributed by atoms with Crippen molar-refractivity contribution in [3.63, 3.8) is 0 Å². The molecule has 0 spiro atoms. The topological polar surface area (TPSA) is 72.5 Å². The number of furan rings is 2. The summed E-state index contributed by atoms with van der Waals surface area (Å²) >= 11 is 12.4. The Labute approximate surface area is 187 Å². The van der Waals surface area contributed by atoms with E-state index in [1.165, 1.54) is 12.3 Å². The number of anilines is 1. The molecular formula is C24H15Cl2NO4. The van der Waals surface area contributed by atoms with E-state index in [4.69, 9.17) is 32.0 Å². The fraction of sp³-hybridized carbons (Fsp3) is 0. The van der Waals surface area contributed by atoms with Crippen LogP contribution < -0.4 is 5.32 Å². The molecular weight excluding hydrogens is 437 g/mol. The molecule has 2 aromatic heterocycles. The maximum Gasteiger partial charge on any atom is 0.291 e. The zero-order valence-corrected chi connectivity index (χ0v) is 17.5. The van der Waals surface area contributed by atoms with Crippen molar-refractivity contribution in [3.05, 3.63) is 106 Å². The van der Waals surface area contributed by atoms with E-state index in [9.17, 15) is 9.59 Å². The zero-order valence-electron chi connectivity index (χ0n) is 16.0. The third-order valence-corrected chi connectivity index (χ3v) is 5.01. The fourth-order valence-electron chi connectivity index (χ4n) is 2.91. The monoisotopic (exact) mass is 451 g/mol. The van der Waals surface area contributed by atoms with Crippen LogP contribution in [-0.4, -0.2) is 11.7 Å². The van der Waals surface area contributed by atoms with Gasteiger partial charge in [0.25, 0.3) is 5.91 Å². The molecule has 31 heavy (non-hydrogen) atoms. The molecule has 0 saturated carbocycles. The van der Waals surface area contributed by atoms with Crippen LogP contribution in [0.4, 0.5) is 5.69 Å². The number of benzene rings is 2. The quantitative estimate of drug-likeness (QED) is 0.253. The molecule has 0 saturated heterocycles. The Morgan fingerprint density at radius 2 is 1.68 bits per heavy atom. The number of halogens is 2. The van der Waals surface area contributed by atoms with Crippen molar-refractivity contribution in [1.29, 1.82) is 0 Å². The lowest BCUT2D eigenvalue weighted by atomic mass is 10.1. The maximum absolute atomic E-state index is 12.6. The van der Waals surface area contributed by atoms with Gasteiger partial charge in [-0.2, -0.15) is 0 Å². The van der Waals surface area contributed by atoms with Crippen LogP contribution in [0.2, 0.25) is 10.0 Å². The number of carbonyl (C=O) groups excluding carboxylic acids is 2. The summed E-state index contributed by atoms with van der Waals surface area (Å²) in [5.74, 6) is 0.519. The van der Waals surface area contributed by atoms with Crippen LogP contribution in [0.25, 0.3) is 17.4 Å². The van der Waals surface area contributed by atoms with Crippen molar-refractivity contribution < 1.29 is 18.4 Å². The lowest BCUT2D eigenvalue weighted by Crippen LogP contribution is -2.11. The van der Waals surface area contributed by atoms with E-state index in [0.29, 0.717) is 38.4 Å². The molecule has 0 atom stereocenters. The average molecular weight is 452 g/mol. The van der Waals surface area contributed by atoms with Crippen LogP contribution in [0.3, 0.4) is 0 Å². The van der Waals surface area contributed by atoms with Gasteiger partial charge in [-0.25, -0.2) is 0 Å². The van der Waals surface area contributed by atoms with Crippen LogP contribution >= 0.6 is 23.2 Å². The van der Waals surface area contributed by atoms with E-state index < -0.39 is 5.91 Å². The molecule has 2 heterocycles. The van der Waals surface area contributed by atoms with Gasteiger partial charge in [-0.15, -0.1) is 0 Å². The second kappa shape index (κ2) is 9.08. The van der Waals surface area contributed by atoms with Gasteiger partial charge in [0.1, 0.15) is 11.5 Å². The second-order valence-corrected chi connectivity index (χ2v) is 7.32. The first-order valence-corrected chi connectivity index (χ1v) is 9.98. The van der Waals surface area contributed by atoms with Crippen molar-refractivity contribution >= 4 is 46.7 Å². The zero-order chi connectivity index (χ0) is 21.8. The lowest BCUT2D eigenvalue weighted by Gasteiger charge is -2.04. The number of allylic oxidation sites excluding steroid dienone is 1. The van der Waals surface area contributed by atoms with E-state index in [2.05, 4.69) is 5.32 Å². The minimum atomic E-state index is -0.397. The Hall–Kier alpha value is -3.54. The highest BCUT2D eigenvalue weighted by Gasteiger charge is 2.13. The summed E-state index contributed by atoms with van der Waals surface area (Å²) in [4.78, 5) is 24.7. The number of hydrogen-bond acceptors (Lipinski definition) is 4. The second-order valence-electron chi connectivity index (χ2n) is 6.51. The molecule has 0 aliphatic heterocycles. The van der Waals surface area contributed by atoms with Crippen LogP contribution in [0.1, 0.15) is 26.7 Å². The van der Waals surface area contributed by atoms with Gasteiger partial charge in [-0.3, -0.25) is 9.59 Å². The molecule has 1 N–H and O–H groups in total. The van der Waals surface area contributed by atoms with Gasteiger partial charge in [-0.1, -0.05) is 41.4 Å². The van der Waals surface area contributed by atoms with Crippen molar-refractivity contribution in [1.82, 2.24) is 0 Å². The van der Waals surface area contributed by atoms with E-state index in [-0.39, 0.29) is 11.5 Å². The Morgan fingerprint density at radius 1 is 0.903 bits per heavy atom. The highest BCUT2D eigenvalue weighted by Crippen LogP contribution is 2.35. The molecule has 0 bridgehead atoms. The first-order valence-electron chi connectivity index (χ1n) is 9.23. The third kappa shape index (κ3) is 4.79. The van der Waals surface area contributed by atoms with Crippen LogP contribution in [0.15, 0.2) is 87.9 Å².